The van der Waals surface area contributed by atoms with Gasteiger partial charge < -0.3 is 5.11 Å². The van der Waals surface area contributed by atoms with Gasteiger partial charge in [-0.25, -0.2) is 0 Å². The van der Waals surface area contributed by atoms with E-state index >= 15 is 0 Å². The van der Waals surface area contributed by atoms with Gasteiger partial charge in [-0.05, 0) is 55.9 Å². The number of phenolic OH excluding ortho intramolecular Hbond substituents is 1. The topological polar surface area (TPSA) is 20.2 Å². The van der Waals surface area contributed by atoms with Gasteiger partial charge in [0.15, 0.2) is 0 Å². The van der Waals surface area contributed by atoms with Gasteiger partial charge in [0.1, 0.15) is 5.75 Å². The van der Waals surface area contributed by atoms with Crippen LogP contribution in [-0.4, -0.2) is 10.4 Å². The zero-order chi connectivity index (χ0) is 11.4. The first-order valence-corrected chi connectivity index (χ1v) is 7.11. The smallest absolute Gasteiger partial charge is 0.115 e. The van der Waals surface area contributed by atoms with E-state index in [1.54, 1.807) is 12.1 Å². The molecule has 1 aromatic carbocycles. The molecule has 0 aliphatic heterocycles. The van der Waals surface area contributed by atoms with Crippen LogP contribution in [0.3, 0.4) is 0 Å². The Morgan fingerprint density at radius 2 is 1.75 bits per heavy atom. The first kappa shape index (κ1) is 11.8. The molecule has 2 heteroatoms. The molecular formula is C14H20OS. The molecule has 1 saturated carbocycles. The van der Waals surface area contributed by atoms with E-state index < -0.39 is 0 Å². The Balaban J connectivity index is 1.84. The molecule has 0 spiro atoms. The maximum Gasteiger partial charge on any atom is 0.115 e. The lowest BCUT2D eigenvalue weighted by Crippen LogP contribution is -2.15. The minimum atomic E-state index is 0.360. The van der Waals surface area contributed by atoms with Gasteiger partial charge in [0.2, 0.25) is 0 Å². The number of hydrogen-bond donors (Lipinski definition) is 1. The van der Waals surface area contributed by atoms with Crippen molar-refractivity contribution in [1.82, 2.24) is 0 Å². The summed E-state index contributed by atoms with van der Waals surface area (Å²) in [6.45, 7) is 2.30. The van der Waals surface area contributed by atoms with E-state index in [2.05, 4.69) is 6.92 Å². The van der Waals surface area contributed by atoms with E-state index in [4.69, 9.17) is 0 Å². The Morgan fingerprint density at radius 3 is 2.31 bits per heavy atom. The lowest BCUT2D eigenvalue weighted by atomic mass is 9.87. The van der Waals surface area contributed by atoms with Gasteiger partial charge in [-0.2, -0.15) is 0 Å². The van der Waals surface area contributed by atoms with E-state index in [9.17, 15) is 5.11 Å². The molecule has 1 N–H and O–H groups in total. The molecule has 0 radical (unpaired) electrons. The molecular weight excluding hydrogens is 216 g/mol. The molecule has 0 atom stereocenters. The normalized spacial score (nSPS) is 25.6. The van der Waals surface area contributed by atoms with Crippen LogP contribution in [0, 0.1) is 5.92 Å². The fourth-order valence-electron chi connectivity index (χ4n) is 2.38. The van der Waals surface area contributed by atoms with Gasteiger partial charge in [0.05, 0.1) is 0 Å². The number of phenols is 1. The van der Waals surface area contributed by atoms with E-state index in [1.165, 1.54) is 37.0 Å². The van der Waals surface area contributed by atoms with Crippen molar-refractivity contribution in [2.75, 3.05) is 0 Å². The Bertz CT molecular complexity index is 312. The first-order chi connectivity index (χ1) is 7.78. The second kappa shape index (κ2) is 5.62. The summed E-state index contributed by atoms with van der Waals surface area (Å²) in [4.78, 5) is 1.29. The summed E-state index contributed by atoms with van der Waals surface area (Å²) in [5.41, 5.74) is 0. The van der Waals surface area contributed by atoms with Crippen LogP contribution in [0.25, 0.3) is 0 Å². The highest BCUT2D eigenvalue weighted by atomic mass is 32.2. The minimum absolute atomic E-state index is 0.360. The lowest BCUT2D eigenvalue weighted by Gasteiger charge is -2.27. The van der Waals surface area contributed by atoms with Gasteiger partial charge in [-0.15, -0.1) is 11.8 Å². The van der Waals surface area contributed by atoms with Crippen LogP contribution in [0.4, 0.5) is 0 Å². The van der Waals surface area contributed by atoms with Crippen LogP contribution in [0.1, 0.15) is 39.0 Å². The van der Waals surface area contributed by atoms with Crippen LogP contribution in [0.5, 0.6) is 5.75 Å². The molecule has 0 amide bonds. The summed E-state index contributed by atoms with van der Waals surface area (Å²) in [5.74, 6) is 1.33. The number of benzene rings is 1. The third-order valence-electron chi connectivity index (χ3n) is 3.51. The minimum Gasteiger partial charge on any atom is -0.508 e. The van der Waals surface area contributed by atoms with Crippen LogP contribution in [0.15, 0.2) is 29.2 Å². The van der Waals surface area contributed by atoms with E-state index in [0.717, 1.165) is 11.2 Å². The molecule has 1 aromatic rings. The molecule has 16 heavy (non-hydrogen) atoms. The van der Waals surface area contributed by atoms with Gasteiger partial charge in [-0.3, -0.25) is 0 Å². The molecule has 2 rings (SSSR count). The summed E-state index contributed by atoms with van der Waals surface area (Å²) in [6.07, 6.45) is 6.84. The monoisotopic (exact) mass is 236 g/mol. The molecule has 1 nitrogen and oxygen atoms in total. The molecule has 0 bridgehead atoms. The van der Waals surface area contributed by atoms with Crippen LogP contribution in [0.2, 0.25) is 0 Å². The second-order valence-electron chi connectivity index (χ2n) is 4.66. The van der Waals surface area contributed by atoms with E-state index in [0.29, 0.717) is 5.75 Å². The predicted molar refractivity (Wildman–Crippen MR) is 70.0 cm³/mol. The van der Waals surface area contributed by atoms with Crippen molar-refractivity contribution in [2.45, 2.75) is 49.2 Å². The molecule has 0 saturated heterocycles. The molecule has 1 aliphatic carbocycles. The van der Waals surface area contributed by atoms with Crippen molar-refractivity contribution in [3.05, 3.63) is 24.3 Å². The van der Waals surface area contributed by atoms with Gasteiger partial charge in [0, 0.05) is 10.1 Å². The molecule has 1 aliphatic rings. The fourth-order valence-corrected chi connectivity index (χ4v) is 3.56. The molecule has 1 fully saturated rings. The number of thioether (sulfide) groups is 1. The summed E-state index contributed by atoms with van der Waals surface area (Å²) < 4.78 is 0. The number of aromatic hydroxyl groups is 1. The maximum absolute atomic E-state index is 9.22. The van der Waals surface area contributed by atoms with Crippen LogP contribution < -0.4 is 0 Å². The maximum atomic E-state index is 9.22. The average molecular weight is 236 g/mol. The van der Waals surface area contributed by atoms with Crippen molar-refractivity contribution in [2.24, 2.45) is 5.92 Å². The SMILES string of the molecule is CCC1CCC(Sc2ccc(O)cc2)CC1. The highest BCUT2D eigenvalue weighted by molar-refractivity contribution is 8.00. The van der Waals surface area contributed by atoms with Crippen molar-refractivity contribution < 1.29 is 5.11 Å². The Morgan fingerprint density at radius 1 is 1.12 bits per heavy atom. The quantitative estimate of drug-likeness (QED) is 0.836. The molecule has 0 heterocycles. The highest BCUT2D eigenvalue weighted by Crippen LogP contribution is 2.37. The zero-order valence-electron chi connectivity index (χ0n) is 9.86. The summed E-state index contributed by atoms with van der Waals surface area (Å²) in [7, 11) is 0. The van der Waals surface area contributed by atoms with E-state index in [1.807, 2.05) is 23.9 Å². The third-order valence-corrected chi connectivity index (χ3v) is 4.86. The highest BCUT2D eigenvalue weighted by Gasteiger charge is 2.20. The van der Waals surface area contributed by atoms with Crippen molar-refractivity contribution in [1.29, 1.82) is 0 Å². The average Bonchev–Trinajstić information content (AvgIpc) is 2.33. The van der Waals surface area contributed by atoms with Gasteiger partial charge >= 0.3 is 0 Å². The van der Waals surface area contributed by atoms with Gasteiger partial charge in [-0.1, -0.05) is 13.3 Å². The third kappa shape index (κ3) is 3.18. The first-order valence-electron chi connectivity index (χ1n) is 6.23. The van der Waals surface area contributed by atoms with E-state index in [-0.39, 0.29) is 0 Å². The Hall–Kier alpha value is -0.630. The Labute approximate surface area is 102 Å². The molecule has 0 unspecified atom stereocenters. The molecule has 88 valence electrons. The largest absolute Gasteiger partial charge is 0.508 e. The van der Waals surface area contributed by atoms with Crippen molar-refractivity contribution in [3.8, 4) is 5.75 Å². The standard InChI is InChI=1S/C14H20OS/c1-2-11-3-7-13(8-4-11)16-14-9-5-12(15)6-10-14/h5-6,9-11,13,15H,2-4,7-8H2,1H3. The zero-order valence-corrected chi connectivity index (χ0v) is 10.7. The van der Waals surface area contributed by atoms with Crippen molar-refractivity contribution >= 4 is 11.8 Å². The summed E-state index contributed by atoms with van der Waals surface area (Å²) in [6, 6.07) is 7.60. The molecule has 0 aromatic heterocycles. The second-order valence-corrected chi connectivity index (χ2v) is 6.04. The lowest BCUT2D eigenvalue weighted by molar-refractivity contribution is 0.356. The van der Waals surface area contributed by atoms with Crippen molar-refractivity contribution in [3.63, 3.8) is 0 Å². The summed E-state index contributed by atoms with van der Waals surface area (Å²) in [5, 5.41) is 10.0. The van der Waals surface area contributed by atoms with Crippen LogP contribution in [-0.2, 0) is 0 Å². The van der Waals surface area contributed by atoms with Gasteiger partial charge in [0.25, 0.3) is 0 Å². The predicted octanol–water partition coefficient (Wildman–Crippen LogP) is 4.45. The summed E-state index contributed by atoms with van der Waals surface area (Å²) >= 11 is 1.97. The number of hydrogen-bond acceptors (Lipinski definition) is 2. The van der Waals surface area contributed by atoms with Crippen LogP contribution >= 0.6 is 11.8 Å². The number of rotatable bonds is 3. The fraction of sp³-hybridized carbons (Fsp3) is 0.571. The Kier molecular flexibility index (Phi) is 4.16.